The number of thiophene rings is 1. The van der Waals surface area contributed by atoms with E-state index in [9.17, 15) is 0 Å². The Bertz CT molecular complexity index is 716. The molecule has 0 amide bonds. The molecule has 0 atom stereocenters. The van der Waals surface area contributed by atoms with Gasteiger partial charge in [-0.15, -0.1) is 11.3 Å². The average molecular weight is 282 g/mol. The monoisotopic (exact) mass is 282 g/mol. The number of nitrogens with zero attached hydrogens (tertiary/aromatic N) is 1. The first-order valence-electron chi connectivity index (χ1n) is 6.98. The summed E-state index contributed by atoms with van der Waals surface area (Å²) in [5, 5.41) is 5.69. The molecule has 2 nitrogen and oxygen atoms in total. The summed E-state index contributed by atoms with van der Waals surface area (Å²) in [7, 11) is 0. The molecule has 3 rings (SSSR count). The summed E-state index contributed by atoms with van der Waals surface area (Å²) >= 11 is 1.76. The molecule has 1 aromatic carbocycles. The Labute approximate surface area is 123 Å². The molecule has 0 unspecified atom stereocenters. The molecule has 0 radical (unpaired) electrons. The van der Waals surface area contributed by atoms with Gasteiger partial charge in [-0.3, -0.25) is 0 Å². The molecule has 0 saturated carbocycles. The normalized spacial score (nSPS) is 10.9. The molecule has 0 bridgehead atoms. The second kappa shape index (κ2) is 5.63. The third-order valence-electron chi connectivity index (χ3n) is 3.43. The Morgan fingerprint density at radius 2 is 1.95 bits per heavy atom. The van der Waals surface area contributed by atoms with Gasteiger partial charge in [0.1, 0.15) is 0 Å². The third-order valence-corrected chi connectivity index (χ3v) is 4.35. The predicted octanol–water partition coefficient (Wildman–Crippen LogP) is 5.09. The van der Waals surface area contributed by atoms with E-state index in [4.69, 9.17) is 4.98 Å². The number of nitrogens with one attached hydrogen (secondary N) is 1. The Kier molecular flexibility index (Phi) is 3.70. The van der Waals surface area contributed by atoms with Crippen LogP contribution in [-0.2, 0) is 0 Å². The van der Waals surface area contributed by atoms with Crippen LogP contribution >= 0.6 is 11.3 Å². The van der Waals surface area contributed by atoms with Crippen LogP contribution in [0.5, 0.6) is 0 Å². The van der Waals surface area contributed by atoms with Gasteiger partial charge in [-0.05, 0) is 30.4 Å². The summed E-state index contributed by atoms with van der Waals surface area (Å²) in [6.07, 6.45) is 1.12. The first-order valence-corrected chi connectivity index (χ1v) is 7.86. The highest BCUT2D eigenvalue weighted by atomic mass is 32.1. The molecule has 1 N–H and O–H groups in total. The van der Waals surface area contributed by atoms with Crippen molar-refractivity contribution in [2.75, 3.05) is 11.9 Å². The Hall–Kier alpha value is -1.87. The third kappa shape index (κ3) is 2.29. The first-order chi connectivity index (χ1) is 9.81. The van der Waals surface area contributed by atoms with Crippen molar-refractivity contribution in [3.8, 4) is 11.3 Å². The highest BCUT2D eigenvalue weighted by Crippen LogP contribution is 2.35. The second-order valence-corrected chi connectivity index (χ2v) is 5.80. The second-order valence-electron chi connectivity index (χ2n) is 4.89. The number of aromatic nitrogens is 1. The number of pyridine rings is 1. The number of anilines is 1. The average Bonchev–Trinajstić information content (AvgIpc) is 2.95. The minimum Gasteiger partial charge on any atom is -0.384 e. The van der Waals surface area contributed by atoms with Crippen molar-refractivity contribution in [1.82, 2.24) is 4.98 Å². The Balaban J connectivity index is 2.20. The topological polar surface area (TPSA) is 24.9 Å². The fourth-order valence-electron chi connectivity index (χ4n) is 2.41. The first kappa shape index (κ1) is 13.1. The van der Waals surface area contributed by atoms with Crippen LogP contribution in [0.2, 0.25) is 0 Å². The van der Waals surface area contributed by atoms with Crippen LogP contribution in [-0.4, -0.2) is 11.5 Å². The minimum atomic E-state index is 0.992. The maximum atomic E-state index is 4.84. The van der Waals surface area contributed by atoms with Gasteiger partial charge in [-0.1, -0.05) is 37.3 Å². The van der Waals surface area contributed by atoms with E-state index in [1.54, 1.807) is 11.3 Å². The molecule has 0 aliphatic carbocycles. The molecule has 0 fully saturated rings. The highest BCUT2D eigenvalue weighted by Gasteiger charge is 2.13. The Morgan fingerprint density at radius 1 is 1.15 bits per heavy atom. The molecule has 0 aliphatic rings. The maximum absolute atomic E-state index is 4.84. The predicted molar refractivity (Wildman–Crippen MR) is 88.6 cm³/mol. The van der Waals surface area contributed by atoms with Gasteiger partial charge in [0.05, 0.1) is 21.6 Å². The van der Waals surface area contributed by atoms with Crippen LogP contribution < -0.4 is 5.32 Å². The summed E-state index contributed by atoms with van der Waals surface area (Å²) in [4.78, 5) is 4.84. The van der Waals surface area contributed by atoms with E-state index in [1.165, 1.54) is 21.5 Å². The van der Waals surface area contributed by atoms with Gasteiger partial charge in [0, 0.05) is 12.1 Å². The summed E-state index contributed by atoms with van der Waals surface area (Å²) in [6, 6.07) is 12.5. The molecule has 0 aliphatic heterocycles. The quantitative estimate of drug-likeness (QED) is 0.720. The molecule has 0 saturated heterocycles. The van der Waals surface area contributed by atoms with Gasteiger partial charge in [-0.25, -0.2) is 4.98 Å². The van der Waals surface area contributed by atoms with Gasteiger partial charge in [0.25, 0.3) is 0 Å². The van der Waals surface area contributed by atoms with Crippen molar-refractivity contribution >= 4 is 27.2 Å². The number of benzene rings is 1. The smallest absolute Gasteiger partial charge is 0.0838 e. The number of hydrogen-bond acceptors (Lipinski definition) is 3. The van der Waals surface area contributed by atoms with Crippen molar-refractivity contribution in [3.05, 3.63) is 47.3 Å². The lowest BCUT2D eigenvalue weighted by Crippen LogP contribution is -2.03. The SMILES string of the molecule is CCCNc1c(C)c(-c2ccccc2)nc2ccsc12. The molecule has 20 heavy (non-hydrogen) atoms. The van der Waals surface area contributed by atoms with Crippen molar-refractivity contribution in [1.29, 1.82) is 0 Å². The van der Waals surface area contributed by atoms with E-state index < -0.39 is 0 Å². The summed E-state index contributed by atoms with van der Waals surface area (Å²) < 4.78 is 1.26. The lowest BCUT2D eigenvalue weighted by atomic mass is 10.0. The molecular weight excluding hydrogens is 264 g/mol. The highest BCUT2D eigenvalue weighted by molar-refractivity contribution is 7.17. The molecule has 2 aromatic heterocycles. The van der Waals surface area contributed by atoms with Gasteiger partial charge in [0.2, 0.25) is 0 Å². The van der Waals surface area contributed by atoms with Crippen molar-refractivity contribution in [2.24, 2.45) is 0 Å². The van der Waals surface area contributed by atoms with Crippen LogP contribution in [0, 0.1) is 6.92 Å². The standard InChI is InChI=1S/C17H18N2S/c1-3-10-18-16-12(2)15(13-7-5-4-6-8-13)19-14-9-11-20-17(14)16/h4-9,11H,3,10H2,1-2H3,(H,18,19). The fraction of sp³-hybridized carbons (Fsp3) is 0.235. The van der Waals surface area contributed by atoms with Crippen LogP contribution in [0.25, 0.3) is 21.5 Å². The largest absolute Gasteiger partial charge is 0.384 e. The zero-order valence-electron chi connectivity index (χ0n) is 11.8. The number of hydrogen-bond donors (Lipinski definition) is 1. The molecule has 3 heteroatoms. The molecular formula is C17H18N2S. The van der Waals surface area contributed by atoms with Gasteiger partial charge >= 0.3 is 0 Å². The maximum Gasteiger partial charge on any atom is 0.0838 e. The Morgan fingerprint density at radius 3 is 2.70 bits per heavy atom. The van der Waals surface area contributed by atoms with E-state index >= 15 is 0 Å². The molecule has 2 heterocycles. The van der Waals surface area contributed by atoms with E-state index in [2.05, 4.69) is 54.9 Å². The fourth-order valence-corrected chi connectivity index (χ4v) is 3.32. The van der Waals surface area contributed by atoms with E-state index in [1.807, 2.05) is 6.07 Å². The number of rotatable bonds is 4. The molecule has 0 spiro atoms. The molecule has 102 valence electrons. The van der Waals surface area contributed by atoms with Crippen LogP contribution in [0.15, 0.2) is 41.8 Å². The minimum absolute atomic E-state index is 0.992. The van der Waals surface area contributed by atoms with E-state index in [0.717, 1.165) is 24.2 Å². The van der Waals surface area contributed by atoms with Crippen LogP contribution in [0.4, 0.5) is 5.69 Å². The number of fused-ring (bicyclic) bond motifs is 1. The van der Waals surface area contributed by atoms with Gasteiger partial charge in [-0.2, -0.15) is 0 Å². The summed E-state index contributed by atoms with van der Waals surface area (Å²) in [6.45, 7) is 5.34. The summed E-state index contributed by atoms with van der Waals surface area (Å²) in [5.74, 6) is 0. The zero-order valence-corrected chi connectivity index (χ0v) is 12.6. The van der Waals surface area contributed by atoms with E-state index in [-0.39, 0.29) is 0 Å². The van der Waals surface area contributed by atoms with Crippen molar-refractivity contribution in [3.63, 3.8) is 0 Å². The van der Waals surface area contributed by atoms with Crippen molar-refractivity contribution < 1.29 is 0 Å². The summed E-state index contributed by atoms with van der Waals surface area (Å²) in [5.41, 5.74) is 5.82. The van der Waals surface area contributed by atoms with Crippen LogP contribution in [0.1, 0.15) is 18.9 Å². The van der Waals surface area contributed by atoms with Crippen molar-refractivity contribution in [2.45, 2.75) is 20.3 Å². The van der Waals surface area contributed by atoms with Crippen LogP contribution in [0.3, 0.4) is 0 Å². The molecule has 3 aromatic rings. The lowest BCUT2D eigenvalue weighted by molar-refractivity contribution is 0.979. The van der Waals surface area contributed by atoms with Gasteiger partial charge in [0.15, 0.2) is 0 Å². The zero-order chi connectivity index (χ0) is 13.9. The van der Waals surface area contributed by atoms with Gasteiger partial charge < -0.3 is 5.32 Å². The van der Waals surface area contributed by atoms with E-state index in [0.29, 0.717) is 0 Å². The lowest BCUT2D eigenvalue weighted by Gasteiger charge is -2.14.